The lowest BCUT2D eigenvalue weighted by molar-refractivity contribution is 0.0983. The van der Waals surface area contributed by atoms with Crippen molar-refractivity contribution in [3.8, 4) is 11.4 Å². The number of benzene rings is 1. The van der Waals surface area contributed by atoms with Crippen LogP contribution in [0.2, 0.25) is 0 Å². The molecule has 0 aliphatic carbocycles. The van der Waals surface area contributed by atoms with Gasteiger partial charge in [0.1, 0.15) is 5.82 Å². The Morgan fingerprint density at radius 1 is 1.21 bits per heavy atom. The van der Waals surface area contributed by atoms with Crippen molar-refractivity contribution in [3.05, 3.63) is 35.5 Å². The first-order valence-electron chi connectivity index (χ1n) is 12.6. The third-order valence-corrected chi connectivity index (χ3v) is 6.77. The highest BCUT2D eigenvalue weighted by molar-refractivity contribution is 5.89. The molecule has 2 N–H and O–H groups in total. The lowest BCUT2D eigenvalue weighted by atomic mass is 10.0. The highest BCUT2D eigenvalue weighted by Gasteiger charge is 2.29. The number of hydrogen-bond donors (Lipinski definition) is 2. The van der Waals surface area contributed by atoms with E-state index in [0.717, 1.165) is 67.8 Å². The van der Waals surface area contributed by atoms with E-state index in [0.29, 0.717) is 19.1 Å². The molecule has 2 aliphatic heterocycles. The van der Waals surface area contributed by atoms with E-state index in [1.54, 1.807) is 0 Å². The van der Waals surface area contributed by atoms with Gasteiger partial charge in [-0.2, -0.15) is 0 Å². The average Bonchev–Trinajstić information content (AvgIpc) is 2.84. The minimum atomic E-state index is -0.203. The van der Waals surface area contributed by atoms with E-state index in [1.807, 2.05) is 31.2 Å². The van der Waals surface area contributed by atoms with Gasteiger partial charge in [-0.15, -0.1) is 0 Å². The smallest absolute Gasteiger partial charge is 0.319 e. The summed E-state index contributed by atoms with van der Waals surface area (Å²) in [6, 6.07) is 7.84. The van der Waals surface area contributed by atoms with E-state index in [2.05, 4.69) is 41.2 Å². The standard InChI is InChI=1S/C26H38N6O2/c1-5-18(3)15-31-12-11-22-23(16-31)29-24(30-25(22)32-13-14-34-17-19(32)4)20-7-9-21(10-8-20)28-26(33)27-6-2/h7-10,18-19H,5-6,11-17H2,1-4H3,(H2,27,28,33). The number of morpholine rings is 1. The molecular formula is C26H38N6O2. The molecule has 1 aromatic heterocycles. The van der Waals surface area contributed by atoms with E-state index in [-0.39, 0.29) is 12.1 Å². The minimum absolute atomic E-state index is 0.203. The topological polar surface area (TPSA) is 82.6 Å². The van der Waals surface area contributed by atoms with Crippen molar-refractivity contribution < 1.29 is 9.53 Å². The Morgan fingerprint density at radius 3 is 2.71 bits per heavy atom. The van der Waals surface area contributed by atoms with E-state index in [1.165, 1.54) is 12.0 Å². The highest BCUT2D eigenvalue weighted by atomic mass is 16.5. The number of carbonyl (C=O) groups is 1. The van der Waals surface area contributed by atoms with Crippen LogP contribution in [0.15, 0.2) is 24.3 Å². The van der Waals surface area contributed by atoms with Gasteiger partial charge in [0.25, 0.3) is 0 Å². The number of nitrogens with zero attached hydrogens (tertiary/aromatic N) is 4. The van der Waals surface area contributed by atoms with Gasteiger partial charge in [-0.1, -0.05) is 20.3 Å². The van der Waals surface area contributed by atoms with Crippen LogP contribution in [0, 0.1) is 5.92 Å². The van der Waals surface area contributed by atoms with Crippen molar-refractivity contribution in [1.29, 1.82) is 0 Å². The van der Waals surface area contributed by atoms with Crippen molar-refractivity contribution in [3.63, 3.8) is 0 Å². The summed E-state index contributed by atoms with van der Waals surface area (Å²) in [7, 11) is 0. The van der Waals surface area contributed by atoms with Gasteiger partial charge in [0.15, 0.2) is 5.82 Å². The lowest BCUT2D eigenvalue weighted by Gasteiger charge is -2.38. The number of fused-ring (bicyclic) bond motifs is 1. The van der Waals surface area contributed by atoms with Gasteiger partial charge in [0.05, 0.1) is 24.9 Å². The molecule has 2 amide bonds. The number of urea groups is 1. The molecule has 2 unspecified atom stereocenters. The van der Waals surface area contributed by atoms with Gasteiger partial charge in [-0.25, -0.2) is 14.8 Å². The van der Waals surface area contributed by atoms with Crippen molar-refractivity contribution >= 4 is 17.5 Å². The number of anilines is 2. The predicted octanol–water partition coefficient (Wildman–Crippen LogP) is 3.91. The fraction of sp³-hybridized carbons (Fsp3) is 0.577. The average molecular weight is 467 g/mol. The Bertz CT molecular complexity index is 980. The third kappa shape index (κ3) is 5.67. The first-order valence-corrected chi connectivity index (χ1v) is 12.6. The predicted molar refractivity (Wildman–Crippen MR) is 136 cm³/mol. The van der Waals surface area contributed by atoms with Crippen molar-refractivity contribution in [2.24, 2.45) is 5.92 Å². The number of rotatable bonds is 7. The molecule has 0 saturated carbocycles. The molecular weight excluding hydrogens is 428 g/mol. The first-order chi connectivity index (χ1) is 16.5. The summed E-state index contributed by atoms with van der Waals surface area (Å²) < 4.78 is 5.69. The Hall–Kier alpha value is -2.71. The number of hydrogen-bond acceptors (Lipinski definition) is 6. The number of ether oxygens (including phenoxy) is 1. The fourth-order valence-corrected chi connectivity index (χ4v) is 4.64. The fourth-order valence-electron chi connectivity index (χ4n) is 4.64. The molecule has 1 aromatic carbocycles. The normalized spacial score (nSPS) is 19.4. The van der Waals surface area contributed by atoms with Crippen LogP contribution < -0.4 is 15.5 Å². The zero-order valence-corrected chi connectivity index (χ0v) is 20.9. The lowest BCUT2D eigenvalue weighted by Crippen LogP contribution is -2.45. The van der Waals surface area contributed by atoms with Crippen LogP contribution in [0.25, 0.3) is 11.4 Å². The maximum atomic E-state index is 11.8. The van der Waals surface area contributed by atoms with E-state index < -0.39 is 0 Å². The Labute approximate surface area is 203 Å². The van der Waals surface area contributed by atoms with Crippen LogP contribution >= 0.6 is 0 Å². The quantitative estimate of drug-likeness (QED) is 0.644. The summed E-state index contributed by atoms with van der Waals surface area (Å²) in [5.74, 6) is 2.47. The monoisotopic (exact) mass is 466 g/mol. The molecule has 1 saturated heterocycles. The number of carbonyl (C=O) groups excluding carboxylic acids is 1. The van der Waals surface area contributed by atoms with E-state index in [9.17, 15) is 4.79 Å². The van der Waals surface area contributed by atoms with E-state index >= 15 is 0 Å². The second-order valence-corrected chi connectivity index (χ2v) is 9.47. The zero-order valence-electron chi connectivity index (χ0n) is 20.9. The maximum Gasteiger partial charge on any atom is 0.319 e. The van der Waals surface area contributed by atoms with Gasteiger partial charge in [0.2, 0.25) is 0 Å². The van der Waals surface area contributed by atoms with Crippen molar-refractivity contribution in [2.45, 2.75) is 53.1 Å². The Morgan fingerprint density at radius 2 is 2.00 bits per heavy atom. The molecule has 1 fully saturated rings. The van der Waals surface area contributed by atoms with Crippen LogP contribution in [-0.2, 0) is 17.7 Å². The SMILES string of the molecule is CCNC(=O)Nc1ccc(-c2nc3c(c(N4CCOCC4C)n2)CCN(CC(C)CC)C3)cc1. The second-order valence-electron chi connectivity index (χ2n) is 9.47. The summed E-state index contributed by atoms with van der Waals surface area (Å²) in [6.07, 6.45) is 2.16. The summed E-state index contributed by atoms with van der Waals surface area (Å²) in [5.41, 5.74) is 4.12. The first kappa shape index (κ1) is 24.4. The van der Waals surface area contributed by atoms with E-state index in [4.69, 9.17) is 14.7 Å². The molecule has 2 aromatic rings. The van der Waals surface area contributed by atoms with Gasteiger partial charge >= 0.3 is 6.03 Å². The zero-order chi connectivity index (χ0) is 24.1. The molecule has 4 rings (SSSR count). The second kappa shape index (κ2) is 11.1. The number of aromatic nitrogens is 2. The number of nitrogens with one attached hydrogen (secondary N) is 2. The van der Waals surface area contributed by atoms with Crippen LogP contribution in [0.4, 0.5) is 16.3 Å². The van der Waals surface area contributed by atoms with Crippen LogP contribution in [-0.4, -0.2) is 66.3 Å². The molecule has 2 aliphatic rings. The summed E-state index contributed by atoms with van der Waals surface area (Å²) in [4.78, 5) is 26.9. The Balaban J connectivity index is 1.65. The summed E-state index contributed by atoms with van der Waals surface area (Å²) >= 11 is 0. The molecule has 8 nitrogen and oxygen atoms in total. The summed E-state index contributed by atoms with van der Waals surface area (Å²) in [5, 5.41) is 5.60. The summed E-state index contributed by atoms with van der Waals surface area (Å²) in [6.45, 7) is 14.5. The molecule has 0 radical (unpaired) electrons. The van der Waals surface area contributed by atoms with Crippen LogP contribution in [0.3, 0.4) is 0 Å². The maximum absolute atomic E-state index is 11.8. The molecule has 184 valence electrons. The molecule has 3 heterocycles. The number of amides is 2. The van der Waals surface area contributed by atoms with Crippen molar-refractivity contribution in [1.82, 2.24) is 20.2 Å². The van der Waals surface area contributed by atoms with Crippen LogP contribution in [0.1, 0.15) is 45.4 Å². The molecule has 0 spiro atoms. The minimum Gasteiger partial charge on any atom is -0.377 e. The third-order valence-electron chi connectivity index (χ3n) is 6.77. The largest absolute Gasteiger partial charge is 0.377 e. The van der Waals surface area contributed by atoms with Gasteiger partial charge in [0, 0.05) is 49.5 Å². The van der Waals surface area contributed by atoms with Gasteiger partial charge in [-0.3, -0.25) is 4.90 Å². The molecule has 2 atom stereocenters. The van der Waals surface area contributed by atoms with Crippen LogP contribution in [0.5, 0.6) is 0 Å². The van der Waals surface area contributed by atoms with Gasteiger partial charge in [-0.05, 0) is 50.5 Å². The molecule has 34 heavy (non-hydrogen) atoms. The Kier molecular flexibility index (Phi) is 8.00. The highest BCUT2D eigenvalue weighted by Crippen LogP contribution is 2.32. The molecule has 8 heteroatoms. The molecule has 0 bridgehead atoms. The van der Waals surface area contributed by atoms with Crippen molar-refractivity contribution in [2.75, 3.05) is 49.6 Å². The van der Waals surface area contributed by atoms with Gasteiger partial charge < -0.3 is 20.3 Å².